The first-order valence-corrected chi connectivity index (χ1v) is 3.47. The number of carbonyl (C=O) groups excluding carboxylic acids is 1. The summed E-state index contributed by atoms with van der Waals surface area (Å²) in [6, 6.07) is 0. The minimum atomic E-state index is -0.435. The van der Waals surface area contributed by atoms with Crippen LogP contribution in [0.3, 0.4) is 0 Å². The van der Waals surface area contributed by atoms with Gasteiger partial charge < -0.3 is 15.2 Å². The highest BCUT2D eigenvalue weighted by atomic mass is 16.5. The standard InChI is InChI=1S/C7H13NO3/c1-2-11-7(10)8-5-3-4-6-9/h3-4,9H,2,5-6H2,1H3,(H,8,10)/b4-3+. The lowest BCUT2D eigenvalue weighted by molar-refractivity contribution is 0.153. The normalized spacial score (nSPS) is 10.0. The maximum atomic E-state index is 10.6. The zero-order valence-electron chi connectivity index (χ0n) is 6.54. The molecule has 0 fully saturated rings. The predicted octanol–water partition coefficient (Wildman–Crippen LogP) is 0.281. The smallest absolute Gasteiger partial charge is 0.407 e. The van der Waals surface area contributed by atoms with Crippen LogP contribution >= 0.6 is 0 Å². The molecule has 11 heavy (non-hydrogen) atoms. The van der Waals surface area contributed by atoms with E-state index in [0.717, 1.165) is 0 Å². The molecule has 0 saturated heterocycles. The Bertz CT molecular complexity index is 134. The highest BCUT2D eigenvalue weighted by Crippen LogP contribution is 1.75. The number of aliphatic hydroxyl groups is 1. The molecule has 0 unspecified atom stereocenters. The van der Waals surface area contributed by atoms with Crippen molar-refractivity contribution in [3.63, 3.8) is 0 Å². The number of hydrogen-bond donors (Lipinski definition) is 2. The third-order valence-corrected chi connectivity index (χ3v) is 0.912. The number of alkyl carbamates (subject to hydrolysis) is 1. The molecule has 4 heteroatoms. The fourth-order valence-electron chi connectivity index (χ4n) is 0.482. The first-order chi connectivity index (χ1) is 5.31. The van der Waals surface area contributed by atoms with E-state index in [1.54, 1.807) is 19.1 Å². The fraction of sp³-hybridized carbons (Fsp3) is 0.571. The first kappa shape index (κ1) is 9.97. The van der Waals surface area contributed by atoms with Gasteiger partial charge in [-0.1, -0.05) is 12.2 Å². The highest BCUT2D eigenvalue weighted by Gasteiger charge is 1.94. The van der Waals surface area contributed by atoms with Crippen LogP contribution < -0.4 is 5.32 Å². The van der Waals surface area contributed by atoms with Crippen molar-refractivity contribution in [1.82, 2.24) is 5.32 Å². The van der Waals surface area contributed by atoms with Crippen molar-refractivity contribution < 1.29 is 14.6 Å². The third kappa shape index (κ3) is 6.86. The Balaban J connectivity index is 3.24. The maximum absolute atomic E-state index is 10.6. The van der Waals surface area contributed by atoms with Crippen LogP contribution in [0.2, 0.25) is 0 Å². The molecular weight excluding hydrogens is 146 g/mol. The van der Waals surface area contributed by atoms with E-state index in [9.17, 15) is 4.79 Å². The van der Waals surface area contributed by atoms with Gasteiger partial charge in [-0.15, -0.1) is 0 Å². The largest absolute Gasteiger partial charge is 0.450 e. The van der Waals surface area contributed by atoms with Gasteiger partial charge in [0, 0.05) is 6.54 Å². The SMILES string of the molecule is CCOC(=O)NC/C=C/CO. The average Bonchev–Trinajstić information content (AvgIpc) is 1.99. The summed E-state index contributed by atoms with van der Waals surface area (Å²) in [6.07, 6.45) is 2.76. The zero-order chi connectivity index (χ0) is 8.53. The van der Waals surface area contributed by atoms with Crippen molar-refractivity contribution >= 4 is 6.09 Å². The van der Waals surface area contributed by atoms with Crippen LogP contribution in [0.5, 0.6) is 0 Å². The monoisotopic (exact) mass is 159 g/mol. The van der Waals surface area contributed by atoms with Crippen molar-refractivity contribution in [2.75, 3.05) is 19.8 Å². The number of ether oxygens (including phenoxy) is 1. The van der Waals surface area contributed by atoms with Crippen LogP contribution in [0, 0.1) is 0 Å². The summed E-state index contributed by atoms with van der Waals surface area (Å²) in [5.74, 6) is 0. The first-order valence-electron chi connectivity index (χ1n) is 3.47. The lowest BCUT2D eigenvalue weighted by atomic mass is 10.5. The highest BCUT2D eigenvalue weighted by molar-refractivity contribution is 5.67. The summed E-state index contributed by atoms with van der Waals surface area (Å²) in [5, 5.41) is 10.8. The van der Waals surface area contributed by atoms with Crippen LogP contribution in [0.4, 0.5) is 4.79 Å². The quantitative estimate of drug-likeness (QED) is 0.579. The summed E-state index contributed by atoms with van der Waals surface area (Å²) in [6.45, 7) is 2.49. The second kappa shape index (κ2) is 7.08. The Labute approximate surface area is 65.9 Å². The van der Waals surface area contributed by atoms with Crippen LogP contribution in [-0.4, -0.2) is 31.0 Å². The lowest BCUT2D eigenvalue weighted by Gasteiger charge is -2.00. The zero-order valence-corrected chi connectivity index (χ0v) is 6.54. The van der Waals surface area contributed by atoms with Crippen LogP contribution in [0.1, 0.15) is 6.92 Å². The number of aliphatic hydroxyl groups excluding tert-OH is 1. The fourth-order valence-corrected chi connectivity index (χ4v) is 0.482. The Kier molecular flexibility index (Phi) is 6.42. The minimum absolute atomic E-state index is 0.00942. The number of carbonyl (C=O) groups is 1. The molecule has 2 N–H and O–H groups in total. The lowest BCUT2D eigenvalue weighted by Crippen LogP contribution is -2.24. The van der Waals surface area contributed by atoms with Gasteiger partial charge in [0.15, 0.2) is 0 Å². The van der Waals surface area contributed by atoms with Crippen LogP contribution in [0.15, 0.2) is 12.2 Å². The number of rotatable bonds is 4. The molecule has 0 rings (SSSR count). The van der Waals surface area contributed by atoms with E-state index in [2.05, 4.69) is 10.1 Å². The van der Waals surface area contributed by atoms with E-state index < -0.39 is 6.09 Å². The molecule has 0 atom stereocenters. The molecule has 0 spiro atoms. The molecule has 0 aromatic carbocycles. The Morgan fingerprint density at radius 2 is 2.36 bits per heavy atom. The second-order valence-electron chi connectivity index (χ2n) is 1.76. The van der Waals surface area contributed by atoms with E-state index in [4.69, 9.17) is 5.11 Å². The average molecular weight is 159 g/mol. The minimum Gasteiger partial charge on any atom is -0.450 e. The molecule has 64 valence electrons. The molecule has 0 saturated carbocycles. The van der Waals surface area contributed by atoms with E-state index in [1.807, 2.05) is 0 Å². The van der Waals surface area contributed by atoms with Gasteiger partial charge in [-0.3, -0.25) is 0 Å². The van der Waals surface area contributed by atoms with Gasteiger partial charge in [0.25, 0.3) is 0 Å². The third-order valence-electron chi connectivity index (χ3n) is 0.912. The Morgan fingerprint density at radius 3 is 2.91 bits per heavy atom. The Morgan fingerprint density at radius 1 is 1.64 bits per heavy atom. The van der Waals surface area contributed by atoms with Gasteiger partial charge in [0.1, 0.15) is 0 Å². The van der Waals surface area contributed by atoms with Crippen molar-refractivity contribution in [3.05, 3.63) is 12.2 Å². The van der Waals surface area contributed by atoms with E-state index in [1.165, 1.54) is 0 Å². The summed E-state index contributed by atoms with van der Waals surface area (Å²) in [5.41, 5.74) is 0. The van der Waals surface area contributed by atoms with E-state index in [0.29, 0.717) is 13.2 Å². The Hall–Kier alpha value is -1.03. The van der Waals surface area contributed by atoms with Crippen LogP contribution in [0.25, 0.3) is 0 Å². The maximum Gasteiger partial charge on any atom is 0.407 e. The van der Waals surface area contributed by atoms with Crippen molar-refractivity contribution in [2.45, 2.75) is 6.92 Å². The van der Waals surface area contributed by atoms with E-state index >= 15 is 0 Å². The molecule has 0 aliphatic heterocycles. The van der Waals surface area contributed by atoms with Gasteiger partial charge in [0.05, 0.1) is 13.2 Å². The van der Waals surface area contributed by atoms with Gasteiger partial charge in [-0.25, -0.2) is 4.79 Å². The molecule has 1 amide bonds. The van der Waals surface area contributed by atoms with Gasteiger partial charge in [-0.05, 0) is 6.92 Å². The molecule has 0 heterocycles. The molecular formula is C7H13NO3. The van der Waals surface area contributed by atoms with E-state index in [-0.39, 0.29) is 6.61 Å². The summed E-state index contributed by atoms with van der Waals surface area (Å²) in [7, 11) is 0. The van der Waals surface area contributed by atoms with Gasteiger partial charge >= 0.3 is 6.09 Å². The molecule has 0 aromatic heterocycles. The number of hydrogen-bond acceptors (Lipinski definition) is 3. The van der Waals surface area contributed by atoms with Crippen molar-refractivity contribution in [2.24, 2.45) is 0 Å². The van der Waals surface area contributed by atoms with Crippen molar-refractivity contribution in [3.8, 4) is 0 Å². The molecule has 0 aliphatic carbocycles. The van der Waals surface area contributed by atoms with Crippen LogP contribution in [-0.2, 0) is 4.74 Å². The molecule has 0 radical (unpaired) electrons. The molecule has 0 bridgehead atoms. The van der Waals surface area contributed by atoms with Gasteiger partial charge in [-0.2, -0.15) is 0 Å². The number of amides is 1. The molecule has 4 nitrogen and oxygen atoms in total. The van der Waals surface area contributed by atoms with Gasteiger partial charge in [0.2, 0.25) is 0 Å². The number of nitrogens with one attached hydrogen (secondary N) is 1. The topological polar surface area (TPSA) is 58.6 Å². The summed E-state index contributed by atoms with van der Waals surface area (Å²) >= 11 is 0. The second-order valence-corrected chi connectivity index (χ2v) is 1.76. The molecule has 0 aliphatic rings. The van der Waals surface area contributed by atoms with Crippen molar-refractivity contribution in [1.29, 1.82) is 0 Å². The summed E-state index contributed by atoms with van der Waals surface area (Å²) in [4.78, 5) is 10.6. The predicted molar refractivity (Wildman–Crippen MR) is 41.3 cm³/mol. The summed E-state index contributed by atoms with van der Waals surface area (Å²) < 4.78 is 4.58. The molecule has 0 aromatic rings.